The number of aliphatic hydroxyl groups is 2. The second-order valence-corrected chi connectivity index (χ2v) is 6.01. The fourth-order valence-electron chi connectivity index (χ4n) is 2.45. The van der Waals surface area contributed by atoms with E-state index >= 15 is 0 Å². The van der Waals surface area contributed by atoms with Crippen molar-refractivity contribution in [2.24, 2.45) is 0 Å². The summed E-state index contributed by atoms with van der Waals surface area (Å²) in [5, 5.41) is 32.5. The number of hydrogen-bond acceptors (Lipinski definition) is 6. The quantitative estimate of drug-likeness (QED) is 0.528. The number of aromatic hydroxyl groups is 1. The molecule has 0 aliphatic heterocycles. The van der Waals surface area contributed by atoms with Crippen molar-refractivity contribution in [1.29, 1.82) is 0 Å². The van der Waals surface area contributed by atoms with Crippen LogP contribution in [0.4, 0.5) is 4.79 Å². The van der Waals surface area contributed by atoms with E-state index in [4.69, 9.17) is 4.74 Å². The van der Waals surface area contributed by atoms with Crippen molar-refractivity contribution < 1.29 is 29.6 Å². The molecule has 2 aromatic carbocycles. The van der Waals surface area contributed by atoms with Crippen molar-refractivity contribution in [3.63, 3.8) is 0 Å². The lowest BCUT2D eigenvalue weighted by molar-refractivity contribution is 0.0183. The van der Waals surface area contributed by atoms with Gasteiger partial charge in [-0.1, -0.05) is 43.3 Å². The molecule has 0 radical (unpaired) electrons. The molecule has 2 atom stereocenters. The van der Waals surface area contributed by atoms with Gasteiger partial charge in [0, 0.05) is 13.0 Å². The molecule has 7 nitrogen and oxygen atoms in total. The number of phenolic OH excluding ortho intramolecular Hbond substituents is 1. The molecule has 2 rings (SSSR count). The fraction of sp³-hybridized carbons (Fsp3) is 0.300. The molecule has 0 aliphatic rings. The van der Waals surface area contributed by atoms with Crippen molar-refractivity contribution >= 4 is 11.9 Å². The molecule has 144 valence electrons. The molecule has 0 bridgehead atoms. The van der Waals surface area contributed by atoms with Crippen LogP contribution < -0.4 is 5.32 Å². The van der Waals surface area contributed by atoms with E-state index in [2.05, 4.69) is 5.32 Å². The Bertz CT molecular complexity index is 777. The summed E-state index contributed by atoms with van der Waals surface area (Å²) in [7, 11) is 0. The number of aliphatic hydroxyl groups excluding tert-OH is 2. The molecule has 0 aromatic heterocycles. The van der Waals surface area contributed by atoms with Crippen molar-refractivity contribution in [2.45, 2.75) is 32.2 Å². The third-order valence-corrected chi connectivity index (χ3v) is 4.02. The molecular weight excluding hydrogens is 350 g/mol. The molecule has 2 aromatic rings. The Morgan fingerprint density at radius 3 is 2.48 bits per heavy atom. The van der Waals surface area contributed by atoms with Crippen molar-refractivity contribution in [1.82, 2.24) is 5.32 Å². The third kappa shape index (κ3) is 5.80. The van der Waals surface area contributed by atoms with Gasteiger partial charge >= 0.3 is 6.09 Å². The zero-order valence-corrected chi connectivity index (χ0v) is 15.0. The lowest BCUT2D eigenvalue weighted by Gasteiger charge is -2.19. The molecule has 0 fully saturated rings. The minimum absolute atomic E-state index is 0.0801. The van der Waals surface area contributed by atoms with E-state index < -0.39 is 18.3 Å². The molecule has 0 heterocycles. The van der Waals surface area contributed by atoms with Crippen LogP contribution in [-0.4, -0.2) is 39.8 Å². The average molecular weight is 373 g/mol. The predicted octanol–water partition coefficient (Wildman–Crippen LogP) is 2.31. The highest BCUT2D eigenvalue weighted by molar-refractivity contribution is 5.98. The van der Waals surface area contributed by atoms with Crippen LogP contribution in [0, 0.1) is 0 Å². The van der Waals surface area contributed by atoms with Gasteiger partial charge in [0.2, 0.25) is 0 Å². The van der Waals surface area contributed by atoms with Gasteiger partial charge in [0.05, 0.1) is 5.56 Å². The Morgan fingerprint density at radius 1 is 1.11 bits per heavy atom. The van der Waals surface area contributed by atoms with Crippen LogP contribution in [0.3, 0.4) is 0 Å². The van der Waals surface area contributed by atoms with Crippen LogP contribution in [0.15, 0.2) is 48.5 Å². The first-order valence-corrected chi connectivity index (χ1v) is 8.59. The number of carbonyl (C=O) groups excluding carboxylic acids is 2. The van der Waals surface area contributed by atoms with Crippen LogP contribution in [0.5, 0.6) is 5.75 Å². The number of rotatable bonds is 8. The SMILES string of the molecule is CCC(=O)c1cc(C(O)C(O)CNC(=O)OCc2ccccc2)ccc1O. The van der Waals surface area contributed by atoms with Gasteiger partial charge in [-0.15, -0.1) is 0 Å². The van der Waals surface area contributed by atoms with E-state index in [-0.39, 0.29) is 42.2 Å². The average Bonchev–Trinajstić information content (AvgIpc) is 2.70. The maximum Gasteiger partial charge on any atom is 0.407 e. The van der Waals surface area contributed by atoms with Gasteiger partial charge in [-0.2, -0.15) is 0 Å². The van der Waals surface area contributed by atoms with E-state index in [0.29, 0.717) is 0 Å². The summed E-state index contributed by atoms with van der Waals surface area (Å²) in [6.45, 7) is 1.50. The second kappa shape index (κ2) is 9.70. The van der Waals surface area contributed by atoms with E-state index in [1.807, 2.05) is 30.3 Å². The third-order valence-electron chi connectivity index (χ3n) is 4.02. The molecular formula is C20H23NO6. The minimum atomic E-state index is -1.34. The lowest BCUT2D eigenvalue weighted by Crippen LogP contribution is -2.35. The molecule has 27 heavy (non-hydrogen) atoms. The van der Waals surface area contributed by atoms with Crippen LogP contribution in [0.2, 0.25) is 0 Å². The summed E-state index contributed by atoms with van der Waals surface area (Å²) in [6, 6.07) is 13.2. The molecule has 1 amide bonds. The number of amides is 1. The number of hydrogen-bond donors (Lipinski definition) is 4. The molecule has 7 heteroatoms. The monoisotopic (exact) mass is 373 g/mol. The number of ketones is 1. The summed E-state index contributed by atoms with van der Waals surface area (Å²) in [5.41, 5.74) is 1.17. The molecule has 0 saturated heterocycles. The summed E-state index contributed by atoms with van der Waals surface area (Å²) < 4.78 is 5.02. The van der Waals surface area contributed by atoms with Crippen LogP contribution in [-0.2, 0) is 11.3 Å². The number of Topliss-reactive ketones (excluding diaryl/α,β-unsaturated/α-hetero) is 1. The summed E-state index contributed by atoms with van der Waals surface area (Å²) in [5.74, 6) is -0.464. The number of nitrogens with one attached hydrogen (secondary N) is 1. The van der Waals surface area contributed by atoms with Crippen LogP contribution in [0.1, 0.15) is 40.9 Å². The normalized spacial score (nSPS) is 12.9. The Hall–Kier alpha value is -2.90. The van der Waals surface area contributed by atoms with Gasteiger partial charge in [0.15, 0.2) is 5.78 Å². The number of alkyl carbamates (subject to hydrolysis) is 1. The number of ether oxygens (including phenoxy) is 1. The maximum absolute atomic E-state index is 11.8. The summed E-state index contributed by atoms with van der Waals surface area (Å²) in [4.78, 5) is 23.5. The van der Waals surface area contributed by atoms with Gasteiger partial charge in [-0.3, -0.25) is 4.79 Å². The fourth-order valence-corrected chi connectivity index (χ4v) is 2.45. The van der Waals surface area contributed by atoms with E-state index in [1.165, 1.54) is 18.2 Å². The molecule has 0 spiro atoms. The van der Waals surface area contributed by atoms with E-state index in [1.54, 1.807) is 6.92 Å². The van der Waals surface area contributed by atoms with Crippen molar-refractivity contribution in [3.05, 3.63) is 65.2 Å². The van der Waals surface area contributed by atoms with Gasteiger partial charge < -0.3 is 25.4 Å². The minimum Gasteiger partial charge on any atom is -0.507 e. The van der Waals surface area contributed by atoms with Crippen molar-refractivity contribution in [3.8, 4) is 5.75 Å². The highest BCUT2D eigenvalue weighted by Gasteiger charge is 2.21. The molecule has 0 saturated carbocycles. The van der Waals surface area contributed by atoms with Crippen molar-refractivity contribution in [2.75, 3.05) is 6.54 Å². The molecule has 0 aliphatic carbocycles. The van der Waals surface area contributed by atoms with Gasteiger partial charge in [-0.05, 0) is 23.3 Å². The first kappa shape index (κ1) is 20.4. The summed E-state index contributed by atoms with van der Waals surface area (Å²) >= 11 is 0. The molecule has 4 N–H and O–H groups in total. The largest absolute Gasteiger partial charge is 0.507 e. The zero-order valence-electron chi connectivity index (χ0n) is 15.0. The van der Waals surface area contributed by atoms with E-state index in [0.717, 1.165) is 5.56 Å². The zero-order chi connectivity index (χ0) is 19.8. The number of phenols is 1. The number of benzene rings is 2. The topological polar surface area (TPSA) is 116 Å². The van der Waals surface area contributed by atoms with E-state index in [9.17, 15) is 24.9 Å². The Kier molecular flexibility index (Phi) is 7.34. The Morgan fingerprint density at radius 2 is 1.81 bits per heavy atom. The van der Waals surface area contributed by atoms with Gasteiger partial charge in [0.25, 0.3) is 0 Å². The van der Waals surface area contributed by atoms with Gasteiger partial charge in [-0.25, -0.2) is 4.79 Å². The summed E-state index contributed by atoms with van der Waals surface area (Å²) in [6.07, 6.45) is -3.19. The Balaban J connectivity index is 1.88. The first-order chi connectivity index (χ1) is 12.9. The van der Waals surface area contributed by atoms with Crippen LogP contribution in [0.25, 0.3) is 0 Å². The van der Waals surface area contributed by atoms with Crippen LogP contribution >= 0.6 is 0 Å². The highest BCUT2D eigenvalue weighted by atomic mass is 16.5. The number of carbonyl (C=O) groups is 2. The smallest absolute Gasteiger partial charge is 0.407 e. The first-order valence-electron chi connectivity index (χ1n) is 8.59. The molecule has 2 unspecified atom stereocenters. The Labute approximate surface area is 157 Å². The standard InChI is InChI=1S/C20H23NO6/c1-2-16(22)15-10-14(8-9-17(15)23)19(25)18(24)11-21-20(26)27-12-13-6-4-3-5-7-13/h3-10,18-19,23-25H,2,11-12H2,1H3,(H,21,26). The van der Waals surface area contributed by atoms with Gasteiger partial charge in [0.1, 0.15) is 24.6 Å². The second-order valence-electron chi connectivity index (χ2n) is 6.01. The predicted molar refractivity (Wildman–Crippen MR) is 98.3 cm³/mol. The highest BCUT2D eigenvalue weighted by Crippen LogP contribution is 2.25. The maximum atomic E-state index is 11.8. The lowest BCUT2D eigenvalue weighted by atomic mass is 9.98.